The molecule has 10 heavy (non-hydrogen) atoms. The van der Waals surface area contributed by atoms with Crippen molar-refractivity contribution in [3.63, 3.8) is 0 Å². The van der Waals surface area contributed by atoms with Crippen LogP contribution in [0.5, 0.6) is 0 Å². The van der Waals surface area contributed by atoms with Crippen LogP contribution in [-0.2, 0) is 0 Å². The van der Waals surface area contributed by atoms with E-state index in [0.717, 1.165) is 5.33 Å². The molecule has 1 unspecified atom stereocenters. The summed E-state index contributed by atoms with van der Waals surface area (Å²) in [7, 11) is 0. The Morgan fingerprint density at radius 2 is 1.90 bits per heavy atom. The van der Waals surface area contributed by atoms with Gasteiger partial charge in [0.25, 0.3) is 0 Å². The standard InChI is InChI=1S/C9H19Br/c1-4-6-7-9(3,5-2)8-10/h4-8H2,1-3H3. The molecular weight excluding hydrogens is 188 g/mol. The molecule has 0 N–H and O–H groups in total. The summed E-state index contributed by atoms with van der Waals surface area (Å²) in [6.45, 7) is 6.89. The van der Waals surface area contributed by atoms with E-state index in [0.29, 0.717) is 5.41 Å². The van der Waals surface area contributed by atoms with Crippen molar-refractivity contribution in [2.75, 3.05) is 5.33 Å². The summed E-state index contributed by atoms with van der Waals surface area (Å²) in [5, 5.41) is 1.15. The molecule has 0 aliphatic rings. The van der Waals surface area contributed by atoms with Crippen molar-refractivity contribution < 1.29 is 0 Å². The molecule has 0 saturated heterocycles. The number of hydrogen-bond acceptors (Lipinski definition) is 0. The molecule has 0 bridgehead atoms. The lowest BCUT2D eigenvalue weighted by Gasteiger charge is -2.25. The molecule has 0 aliphatic carbocycles. The van der Waals surface area contributed by atoms with Gasteiger partial charge in [-0.05, 0) is 18.3 Å². The van der Waals surface area contributed by atoms with E-state index in [2.05, 4.69) is 36.7 Å². The average molecular weight is 207 g/mol. The highest BCUT2D eigenvalue weighted by Crippen LogP contribution is 2.29. The maximum absolute atomic E-state index is 3.56. The minimum absolute atomic E-state index is 0.552. The zero-order valence-corrected chi connectivity index (χ0v) is 9.00. The first-order valence-electron chi connectivity index (χ1n) is 4.24. The van der Waals surface area contributed by atoms with Crippen molar-refractivity contribution in [3.05, 3.63) is 0 Å². The monoisotopic (exact) mass is 206 g/mol. The van der Waals surface area contributed by atoms with Crippen molar-refractivity contribution in [2.24, 2.45) is 5.41 Å². The van der Waals surface area contributed by atoms with E-state index in [1.165, 1.54) is 25.7 Å². The predicted molar refractivity (Wildman–Crippen MR) is 51.7 cm³/mol. The predicted octanol–water partition coefficient (Wildman–Crippen LogP) is 3.99. The van der Waals surface area contributed by atoms with E-state index >= 15 is 0 Å². The van der Waals surface area contributed by atoms with E-state index in [-0.39, 0.29) is 0 Å². The molecule has 0 spiro atoms. The van der Waals surface area contributed by atoms with E-state index < -0.39 is 0 Å². The molecule has 0 aromatic heterocycles. The number of alkyl halides is 1. The Morgan fingerprint density at radius 1 is 1.30 bits per heavy atom. The molecule has 0 radical (unpaired) electrons. The minimum atomic E-state index is 0.552. The molecule has 0 amide bonds. The van der Waals surface area contributed by atoms with Crippen molar-refractivity contribution >= 4 is 15.9 Å². The first-order chi connectivity index (χ1) is 4.68. The fourth-order valence-corrected chi connectivity index (χ4v) is 1.62. The van der Waals surface area contributed by atoms with Gasteiger partial charge in [-0.3, -0.25) is 0 Å². The van der Waals surface area contributed by atoms with Gasteiger partial charge in [-0.2, -0.15) is 0 Å². The van der Waals surface area contributed by atoms with Gasteiger partial charge in [0, 0.05) is 5.33 Å². The van der Waals surface area contributed by atoms with Gasteiger partial charge >= 0.3 is 0 Å². The lowest BCUT2D eigenvalue weighted by molar-refractivity contribution is 0.322. The van der Waals surface area contributed by atoms with Crippen LogP contribution in [0, 0.1) is 5.41 Å². The Hall–Kier alpha value is 0.480. The number of halogens is 1. The molecule has 0 fully saturated rings. The molecule has 62 valence electrons. The first-order valence-corrected chi connectivity index (χ1v) is 5.36. The van der Waals surface area contributed by atoms with E-state index in [9.17, 15) is 0 Å². The quantitative estimate of drug-likeness (QED) is 0.598. The summed E-state index contributed by atoms with van der Waals surface area (Å²) in [4.78, 5) is 0. The fourth-order valence-electron chi connectivity index (χ4n) is 0.942. The molecule has 0 aromatic rings. The third-order valence-electron chi connectivity index (χ3n) is 2.31. The Kier molecular flexibility index (Phi) is 5.42. The van der Waals surface area contributed by atoms with Crippen LogP contribution in [-0.4, -0.2) is 5.33 Å². The van der Waals surface area contributed by atoms with Crippen LogP contribution in [0.2, 0.25) is 0 Å². The zero-order valence-electron chi connectivity index (χ0n) is 7.41. The molecule has 0 aliphatic heterocycles. The van der Waals surface area contributed by atoms with Crippen molar-refractivity contribution in [1.29, 1.82) is 0 Å². The molecular formula is C9H19Br. The van der Waals surface area contributed by atoms with Crippen LogP contribution in [0.15, 0.2) is 0 Å². The first kappa shape index (κ1) is 10.5. The second-order valence-electron chi connectivity index (χ2n) is 3.40. The summed E-state index contributed by atoms with van der Waals surface area (Å²) in [6, 6.07) is 0. The molecule has 0 nitrogen and oxygen atoms in total. The maximum Gasteiger partial charge on any atom is 0.00852 e. The van der Waals surface area contributed by atoms with Crippen molar-refractivity contribution in [1.82, 2.24) is 0 Å². The second kappa shape index (κ2) is 5.17. The lowest BCUT2D eigenvalue weighted by atomic mass is 9.85. The van der Waals surface area contributed by atoms with Gasteiger partial charge in [-0.15, -0.1) is 0 Å². The highest BCUT2D eigenvalue weighted by Gasteiger charge is 2.18. The van der Waals surface area contributed by atoms with Crippen LogP contribution in [0.25, 0.3) is 0 Å². The molecule has 0 saturated carbocycles. The van der Waals surface area contributed by atoms with Crippen LogP contribution in [0.3, 0.4) is 0 Å². The second-order valence-corrected chi connectivity index (χ2v) is 3.96. The molecule has 0 aromatic carbocycles. The Morgan fingerprint density at radius 3 is 2.20 bits per heavy atom. The number of rotatable bonds is 5. The lowest BCUT2D eigenvalue weighted by Crippen LogP contribution is -2.16. The average Bonchev–Trinajstić information content (AvgIpc) is 2.00. The Labute approximate surface area is 73.5 Å². The summed E-state index contributed by atoms with van der Waals surface area (Å²) >= 11 is 3.56. The van der Waals surface area contributed by atoms with Gasteiger partial charge < -0.3 is 0 Å². The largest absolute Gasteiger partial charge is 0.0922 e. The van der Waals surface area contributed by atoms with Crippen molar-refractivity contribution in [3.8, 4) is 0 Å². The van der Waals surface area contributed by atoms with Crippen molar-refractivity contribution in [2.45, 2.75) is 46.5 Å². The van der Waals surface area contributed by atoms with Gasteiger partial charge in [0.1, 0.15) is 0 Å². The normalized spacial score (nSPS) is 16.8. The van der Waals surface area contributed by atoms with E-state index in [4.69, 9.17) is 0 Å². The Bertz CT molecular complexity index is 74.8. The van der Waals surface area contributed by atoms with Gasteiger partial charge in [-0.1, -0.05) is 49.5 Å². The third-order valence-corrected chi connectivity index (χ3v) is 3.66. The smallest absolute Gasteiger partial charge is 0.00852 e. The van der Waals surface area contributed by atoms with Crippen LogP contribution >= 0.6 is 15.9 Å². The SMILES string of the molecule is CCCCC(C)(CC)CBr. The minimum Gasteiger partial charge on any atom is -0.0922 e. The van der Waals surface area contributed by atoms with Crippen LogP contribution < -0.4 is 0 Å². The maximum atomic E-state index is 3.56. The third kappa shape index (κ3) is 3.60. The fraction of sp³-hybridized carbons (Fsp3) is 1.00. The van der Waals surface area contributed by atoms with Gasteiger partial charge in [0.05, 0.1) is 0 Å². The molecule has 1 atom stereocenters. The zero-order chi connectivity index (χ0) is 8.04. The highest BCUT2D eigenvalue weighted by molar-refractivity contribution is 9.09. The number of hydrogen-bond donors (Lipinski definition) is 0. The summed E-state index contributed by atoms with van der Waals surface area (Å²) in [6.07, 6.45) is 5.35. The van der Waals surface area contributed by atoms with Gasteiger partial charge in [0.2, 0.25) is 0 Å². The summed E-state index contributed by atoms with van der Waals surface area (Å²) in [5.41, 5.74) is 0.552. The van der Waals surface area contributed by atoms with Crippen LogP contribution in [0.1, 0.15) is 46.5 Å². The molecule has 0 heterocycles. The molecule has 1 heteroatoms. The van der Waals surface area contributed by atoms with Crippen LogP contribution in [0.4, 0.5) is 0 Å². The number of unbranched alkanes of at least 4 members (excludes halogenated alkanes) is 1. The summed E-state index contributed by atoms with van der Waals surface area (Å²) in [5.74, 6) is 0. The highest BCUT2D eigenvalue weighted by atomic mass is 79.9. The van der Waals surface area contributed by atoms with Gasteiger partial charge in [0.15, 0.2) is 0 Å². The van der Waals surface area contributed by atoms with E-state index in [1.54, 1.807) is 0 Å². The molecule has 0 rings (SSSR count). The topological polar surface area (TPSA) is 0 Å². The van der Waals surface area contributed by atoms with Gasteiger partial charge in [-0.25, -0.2) is 0 Å². The summed E-state index contributed by atoms with van der Waals surface area (Å²) < 4.78 is 0. The van der Waals surface area contributed by atoms with E-state index in [1.807, 2.05) is 0 Å². The Balaban J connectivity index is 3.58.